The molecule has 2 heteroatoms. The monoisotopic (exact) mass is 169 g/mol. The Balaban J connectivity index is 2.20. The molecule has 12 heavy (non-hydrogen) atoms. The van der Waals surface area contributed by atoms with Crippen molar-refractivity contribution in [3.63, 3.8) is 0 Å². The molecule has 0 aromatic heterocycles. The second-order valence-corrected chi connectivity index (χ2v) is 4.41. The van der Waals surface area contributed by atoms with Gasteiger partial charge in [0, 0.05) is 6.04 Å². The van der Waals surface area contributed by atoms with Gasteiger partial charge < -0.3 is 4.74 Å². The van der Waals surface area contributed by atoms with Gasteiger partial charge in [-0.05, 0) is 39.2 Å². The Kier molecular flexibility index (Phi) is 1.92. The van der Waals surface area contributed by atoms with Crippen LogP contribution in [0.5, 0.6) is 0 Å². The number of ether oxygens (including phenoxy) is 1. The van der Waals surface area contributed by atoms with Gasteiger partial charge in [-0.15, -0.1) is 0 Å². The van der Waals surface area contributed by atoms with Gasteiger partial charge in [-0.3, -0.25) is 4.90 Å². The summed E-state index contributed by atoms with van der Waals surface area (Å²) in [6.45, 7) is 5.49. The van der Waals surface area contributed by atoms with Crippen molar-refractivity contribution in [1.29, 1.82) is 0 Å². The van der Waals surface area contributed by atoms with E-state index in [-0.39, 0.29) is 5.72 Å². The van der Waals surface area contributed by atoms with Crippen molar-refractivity contribution < 1.29 is 4.74 Å². The van der Waals surface area contributed by atoms with E-state index in [1.807, 2.05) is 0 Å². The van der Waals surface area contributed by atoms with Gasteiger partial charge in [0.25, 0.3) is 0 Å². The highest BCUT2D eigenvalue weighted by Crippen LogP contribution is 2.44. The minimum atomic E-state index is 0.111. The number of likely N-dealkylation sites (N-methyl/N-ethyl adjacent to an activating group) is 1. The number of hydrogen-bond donors (Lipinski definition) is 0. The largest absolute Gasteiger partial charge is 0.359 e. The average Bonchev–Trinajstić information content (AvgIpc) is 2.54. The Morgan fingerprint density at radius 3 is 2.58 bits per heavy atom. The van der Waals surface area contributed by atoms with E-state index in [2.05, 4.69) is 25.8 Å². The van der Waals surface area contributed by atoms with Crippen molar-refractivity contribution in [2.24, 2.45) is 5.92 Å². The van der Waals surface area contributed by atoms with Gasteiger partial charge in [-0.25, -0.2) is 0 Å². The normalized spacial score (nSPS) is 49.2. The summed E-state index contributed by atoms with van der Waals surface area (Å²) in [5.74, 6) is 0.715. The molecule has 0 aromatic carbocycles. The lowest BCUT2D eigenvalue weighted by atomic mass is 10.0. The van der Waals surface area contributed by atoms with Crippen LogP contribution in [0.25, 0.3) is 0 Å². The van der Waals surface area contributed by atoms with Crippen LogP contribution in [-0.2, 0) is 4.74 Å². The Morgan fingerprint density at radius 1 is 1.42 bits per heavy atom. The molecule has 0 N–H and O–H groups in total. The van der Waals surface area contributed by atoms with Crippen LogP contribution in [0.3, 0.4) is 0 Å². The summed E-state index contributed by atoms with van der Waals surface area (Å²) in [6, 6.07) is 0.602. The molecule has 2 rings (SSSR count). The quantitative estimate of drug-likeness (QED) is 0.549. The van der Waals surface area contributed by atoms with Crippen LogP contribution in [0.2, 0.25) is 0 Å². The first kappa shape index (κ1) is 8.52. The molecule has 2 nitrogen and oxygen atoms in total. The van der Waals surface area contributed by atoms with Crippen LogP contribution in [0.15, 0.2) is 0 Å². The predicted octanol–water partition coefficient (Wildman–Crippen LogP) is 1.85. The van der Waals surface area contributed by atoms with E-state index >= 15 is 0 Å². The molecular weight excluding hydrogens is 150 g/mol. The second-order valence-electron chi connectivity index (χ2n) is 4.41. The van der Waals surface area contributed by atoms with Crippen LogP contribution in [-0.4, -0.2) is 30.3 Å². The number of rotatable bonds is 0. The van der Waals surface area contributed by atoms with Crippen molar-refractivity contribution in [1.82, 2.24) is 4.90 Å². The molecule has 0 amide bonds. The fraction of sp³-hybridized carbons (Fsp3) is 1.00. The van der Waals surface area contributed by atoms with Crippen molar-refractivity contribution in [3.8, 4) is 0 Å². The first-order valence-electron chi connectivity index (χ1n) is 5.04. The number of nitrogens with zero attached hydrogens (tertiary/aromatic N) is 1. The smallest absolute Gasteiger partial charge is 0.124 e. The molecule has 0 unspecified atom stereocenters. The van der Waals surface area contributed by atoms with Crippen LogP contribution in [0.4, 0.5) is 0 Å². The SMILES string of the molecule is C[C@@H]1CCC[C@@]12OC[C@H](C)N2C. The van der Waals surface area contributed by atoms with Gasteiger partial charge in [0.05, 0.1) is 6.61 Å². The van der Waals surface area contributed by atoms with Gasteiger partial charge in [-0.1, -0.05) is 6.92 Å². The third kappa shape index (κ3) is 0.944. The zero-order valence-corrected chi connectivity index (χ0v) is 8.34. The standard InChI is InChI=1S/C10H19NO/c1-8-5-4-6-10(8)11(3)9(2)7-12-10/h8-9H,4-7H2,1-3H3/t8-,9+,10-/m1/s1. The van der Waals surface area contributed by atoms with E-state index in [0.717, 1.165) is 6.61 Å². The van der Waals surface area contributed by atoms with E-state index in [1.165, 1.54) is 19.3 Å². The summed E-state index contributed by atoms with van der Waals surface area (Å²) >= 11 is 0. The van der Waals surface area contributed by atoms with Gasteiger partial charge in [-0.2, -0.15) is 0 Å². The molecule has 2 fully saturated rings. The van der Waals surface area contributed by atoms with Crippen molar-refractivity contribution >= 4 is 0 Å². The molecule has 1 saturated carbocycles. The molecule has 70 valence electrons. The summed E-state index contributed by atoms with van der Waals surface area (Å²) in [5, 5.41) is 0. The van der Waals surface area contributed by atoms with Crippen LogP contribution >= 0.6 is 0 Å². The molecule has 0 aromatic rings. The first-order chi connectivity index (χ1) is 5.67. The highest BCUT2D eigenvalue weighted by Gasteiger charge is 2.50. The van der Waals surface area contributed by atoms with Gasteiger partial charge >= 0.3 is 0 Å². The molecule has 1 heterocycles. The summed E-state index contributed by atoms with van der Waals surface area (Å²) < 4.78 is 5.96. The van der Waals surface area contributed by atoms with E-state index < -0.39 is 0 Å². The summed E-state index contributed by atoms with van der Waals surface area (Å²) in [5.41, 5.74) is 0.111. The van der Waals surface area contributed by atoms with Gasteiger partial charge in [0.15, 0.2) is 0 Å². The van der Waals surface area contributed by atoms with Crippen LogP contribution in [0, 0.1) is 5.92 Å². The molecular formula is C10H19NO. The zero-order valence-electron chi connectivity index (χ0n) is 8.34. The molecule has 1 saturated heterocycles. The molecule has 1 spiro atoms. The fourth-order valence-electron chi connectivity index (χ4n) is 2.72. The molecule has 1 aliphatic heterocycles. The van der Waals surface area contributed by atoms with E-state index in [1.54, 1.807) is 0 Å². The second kappa shape index (κ2) is 2.71. The average molecular weight is 169 g/mol. The zero-order chi connectivity index (χ0) is 8.77. The molecule has 2 aliphatic rings. The molecule has 1 aliphatic carbocycles. The Bertz CT molecular complexity index is 183. The van der Waals surface area contributed by atoms with Gasteiger partial charge in [0.1, 0.15) is 5.72 Å². The molecule has 3 atom stereocenters. The maximum Gasteiger partial charge on any atom is 0.124 e. The molecule has 0 radical (unpaired) electrons. The van der Waals surface area contributed by atoms with Gasteiger partial charge in [0.2, 0.25) is 0 Å². The summed E-state index contributed by atoms with van der Waals surface area (Å²) in [6.07, 6.45) is 3.89. The fourth-order valence-corrected chi connectivity index (χ4v) is 2.72. The highest BCUT2D eigenvalue weighted by molar-refractivity contribution is 4.96. The number of hydrogen-bond acceptors (Lipinski definition) is 2. The Morgan fingerprint density at radius 2 is 2.17 bits per heavy atom. The van der Waals surface area contributed by atoms with E-state index in [9.17, 15) is 0 Å². The maximum atomic E-state index is 5.96. The lowest BCUT2D eigenvalue weighted by Gasteiger charge is -2.36. The third-order valence-corrected chi connectivity index (χ3v) is 3.77. The maximum absolute atomic E-state index is 5.96. The van der Waals surface area contributed by atoms with Crippen LogP contribution < -0.4 is 0 Å². The lowest BCUT2D eigenvalue weighted by molar-refractivity contribution is -0.0979. The lowest BCUT2D eigenvalue weighted by Crippen LogP contribution is -2.46. The van der Waals surface area contributed by atoms with E-state index in [0.29, 0.717) is 12.0 Å². The summed E-state index contributed by atoms with van der Waals surface area (Å²) in [4.78, 5) is 2.44. The first-order valence-corrected chi connectivity index (χ1v) is 5.04. The minimum Gasteiger partial charge on any atom is -0.359 e. The van der Waals surface area contributed by atoms with Crippen molar-refractivity contribution in [2.75, 3.05) is 13.7 Å². The predicted molar refractivity (Wildman–Crippen MR) is 48.9 cm³/mol. The Hall–Kier alpha value is -0.0800. The minimum absolute atomic E-state index is 0.111. The third-order valence-electron chi connectivity index (χ3n) is 3.77. The molecule has 0 bridgehead atoms. The topological polar surface area (TPSA) is 12.5 Å². The Labute approximate surface area is 74.9 Å². The summed E-state index contributed by atoms with van der Waals surface area (Å²) in [7, 11) is 2.21. The van der Waals surface area contributed by atoms with Crippen LogP contribution in [0.1, 0.15) is 33.1 Å². The van der Waals surface area contributed by atoms with E-state index in [4.69, 9.17) is 4.74 Å². The highest BCUT2D eigenvalue weighted by atomic mass is 16.5. The van der Waals surface area contributed by atoms with Crippen molar-refractivity contribution in [2.45, 2.75) is 44.9 Å². The van der Waals surface area contributed by atoms with Crippen molar-refractivity contribution in [3.05, 3.63) is 0 Å².